The van der Waals surface area contributed by atoms with Crippen LogP contribution in [0.5, 0.6) is 0 Å². The predicted molar refractivity (Wildman–Crippen MR) is 314 cm³/mol. The van der Waals surface area contributed by atoms with Gasteiger partial charge in [0.05, 0.1) is 25.4 Å². The molecule has 0 aromatic rings. The van der Waals surface area contributed by atoms with Crippen LogP contribution >= 0.6 is 0 Å². The molecule has 1 aliphatic rings. The van der Waals surface area contributed by atoms with Crippen molar-refractivity contribution >= 4 is 5.91 Å². The molecule has 0 radical (unpaired) electrons. The van der Waals surface area contributed by atoms with E-state index in [4.69, 9.17) is 9.47 Å². The normalized spacial score (nSPS) is 19.0. The van der Waals surface area contributed by atoms with Crippen LogP contribution in [0.4, 0.5) is 0 Å². The van der Waals surface area contributed by atoms with Gasteiger partial charge in [0, 0.05) is 6.42 Å². The van der Waals surface area contributed by atoms with Crippen LogP contribution in [0, 0.1) is 0 Å². The molecule has 9 nitrogen and oxygen atoms in total. The van der Waals surface area contributed by atoms with Crippen LogP contribution in [0.25, 0.3) is 0 Å². The van der Waals surface area contributed by atoms with Gasteiger partial charge in [-0.2, -0.15) is 0 Å². The van der Waals surface area contributed by atoms with Crippen molar-refractivity contribution in [2.24, 2.45) is 0 Å². The van der Waals surface area contributed by atoms with E-state index in [1.807, 2.05) is 6.08 Å². The molecule has 1 fully saturated rings. The third-order valence-electron chi connectivity index (χ3n) is 15.8. The lowest BCUT2D eigenvalue weighted by Gasteiger charge is -2.40. The molecule has 1 amide bonds. The van der Waals surface area contributed by atoms with E-state index in [0.29, 0.717) is 6.42 Å². The molecule has 0 aromatic heterocycles. The van der Waals surface area contributed by atoms with Gasteiger partial charge in [-0.25, -0.2) is 0 Å². The maximum absolute atomic E-state index is 13.1. The van der Waals surface area contributed by atoms with Crippen molar-refractivity contribution in [3.63, 3.8) is 0 Å². The molecule has 7 unspecified atom stereocenters. The SMILES string of the molecule is CCCCCCCCCCCCCC/C=C\CCCCCCCCCCCCC(=O)NC(COC1OC(CO)C(O)C(O)C1O)C(O)/C=C/CCCCCCCCCCCCCCCCCCCCCCCCC. The number of aliphatic hydroxyl groups excluding tert-OH is 5. The Morgan fingerprint density at radius 3 is 1.09 bits per heavy atom. The van der Waals surface area contributed by atoms with Gasteiger partial charge in [0.15, 0.2) is 6.29 Å². The summed E-state index contributed by atoms with van der Waals surface area (Å²) in [4.78, 5) is 13.1. The summed E-state index contributed by atoms with van der Waals surface area (Å²) in [6.45, 7) is 3.83. The molecule has 1 aliphatic heterocycles. The second-order valence-corrected chi connectivity index (χ2v) is 22.9. The molecule has 1 rings (SSSR count). The highest BCUT2D eigenvalue weighted by Crippen LogP contribution is 2.23. The Bertz CT molecular complexity index is 1210. The number of carbonyl (C=O) groups is 1. The number of ether oxygens (including phenoxy) is 2. The summed E-state index contributed by atoms with van der Waals surface area (Å²) in [5.41, 5.74) is 0. The first-order chi connectivity index (χ1) is 36.3. The van der Waals surface area contributed by atoms with Gasteiger partial charge in [-0.05, 0) is 44.9 Å². The van der Waals surface area contributed by atoms with Crippen molar-refractivity contribution in [3.05, 3.63) is 24.3 Å². The first-order valence-electron chi connectivity index (χ1n) is 32.6. The molecule has 74 heavy (non-hydrogen) atoms. The Labute approximate surface area is 458 Å². The van der Waals surface area contributed by atoms with Gasteiger partial charge in [-0.1, -0.05) is 301 Å². The van der Waals surface area contributed by atoms with Crippen molar-refractivity contribution < 1.29 is 39.8 Å². The van der Waals surface area contributed by atoms with Crippen molar-refractivity contribution in [1.82, 2.24) is 5.32 Å². The van der Waals surface area contributed by atoms with Gasteiger partial charge in [0.2, 0.25) is 5.91 Å². The highest BCUT2D eigenvalue weighted by molar-refractivity contribution is 5.76. The zero-order chi connectivity index (χ0) is 53.6. The van der Waals surface area contributed by atoms with E-state index in [1.165, 1.54) is 270 Å². The number of amides is 1. The lowest BCUT2D eigenvalue weighted by atomic mass is 9.99. The topological polar surface area (TPSA) is 149 Å². The van der Waals surface area contributed by atoms with E-state index in [9.17, 15) is 30.3 Å². The average molecular weight is 1050 g/mol. The molecule has 6 N–H and O–H groups in total. The lowest BCUT2D eigenvalue weighted by Crippen LogP contribution is -2.60. The van der Waals surface area contributed by atoms with E-state index in [2.05, 4.69) is 31.3 Å². The first-order valence-corrected chi connectivity index (χ1v) is 32.6. The number of nitrogens with one attached hydrogen (secondary N) is 1. The Morgan fingerprint density at radius 2 is 0.757 bits per heavy atom. The van der Waals surface area contributed by atoms with Gasteiger partial charge in [0.1, 0.15) is 24.4 Å². The number of carbonyl (C=O) groups excluding carboxylic acids is 1. The van der Waals surface area contributed by atoms with Crippen LogP contribution in [-0.2, 0) is 14.3 Å². The monoisotopic (exact) mass is 1050 g/mol. The highest BCUT2D eigenvalue weighted by atomic mass is 16.7. The average Bonchev–Trinajstić information content (AvgIpc) is 3.40. The van der Waals surface area contributed by atoms with E-state index in [1.54, 1.807) is 6.08 Å². The van der Waals surface area contributed by atoms with Crippen molar-refractivity contribution in [1.29, 1.82) is 0 Å². The molecular weight excluding hydrogens is 923 g/mol. The van der Waals surface area contributed by atoms with E-state index in [-0.39, 0.29) is 12.5 Å². The molecular formula is C65H125NO8. The minimum atomic E-state index is -1.57. The second-order valence-electron chi connectivity index (χ2n) is 22.9. The molecule has 0 aliphatic carbocycles. The molecule has 1 heterocycles. The molecule has 438 valence electrons. The summed E-state index contributed by atoms with van der Waals surface area (Å²) in [6.07, 6.45) is 64.1. The number of aliphatic hydroxyl groups is 5. The van der Waals surface area contributed by atoms with E-state index in [0.717, 1.165) is 38.5 Å². The van der Waals surface area contributed by atoms with Gasteiger partial charge in [-0.3, -0.25) is 4.79 Å². The van der Waals surface area contributed by atoms with Gasteiger partial charge in [0.25, 0.3) is 0 Å². The van der Waals surface area contributed by atoms with Crippen LogP contribution in [0.3, 0.4) is 0 Å². The molecule has 9 heteroatoms. The van der Waals surface area contributed by atoms with Crippen LogP contribution in [0.1, 0.15) is 328 Å². The van der Waals surface area contributed by atoms with Crippen LogP contribution in [-0.4, -0.2) is 87.5 Å². The number of unbranched alkanes of at least 4 members (excludes halogenated alkanes) is 45. The summed E-state index contributed by atoms with van der Waals surface area (Å²) in [5, 5.41) is 54.7. The zero-order valence-corrected chi connectivity index (χ0v) is 48.9. The Hall–Kier alpha value is -1.33. The molecule has 0 bridgehead atoms. The number of rotatable bonds is 57. The fraction of sp³-hybridized carbons (Fsp3) is 0.923. The fourth-order valence-corrected chi connectivity index (χ4v) is 10.6. The number of hydrogen-bond acceptors (Lipinski definition) is 8. The summed E-state index contributed by atoms with van der Waals surface area (Å²) >= 11 is 0. The Morgan fingerprint density at radius 1 is 0.446 bits per heavy atom. The summed E-state index contributed by atoms with van der Waals surface area (Å²) in [5.74, 6) is -0.172. The van der Waals surface area contributed by atoms with Gasteiger partial charge >= 0.3 is 0 Å². The summed E-state index contributed by atoms with van der Waals surface area (Å²) in [6, 6.07) is -0.805. The number of hydrogen-bond donors (Lipinski definition) is 6. The third kappa shape index (κ3) is 43.6. The highest BCUT2D eigenvalue weighted by Gasteiger charge is 2.44. The summed E-state index contributed by atoms with van der Waals surface area (Å²) in [7, 11) is 0. The predicted octanol–water partition coefficient (Wildman–Crippen LogP) is 16.9. The largest absolute Gasteiger partial charge is 0.394 e. The smallest absolute Gasteiger partial charge is 0.220 e. The minimum absolute atomic E-state index is 0.172. The van der Waals surface area contributed by atoms with Gasteiger partial charge in [-0.15, -0.1) is 0 Å². The van der Waals surface area contributed by atoms with Crippen LogP contribution in [0.2, 0.25) is 0 Å². The molecule has 7 atom stereocenters. The first kappa shape index (κ1) is 70.7. The quantitative estimate of drug-likeness (QED) is 0.0261. The van der Waals surface area contributed by atoms with Crippen molar-refractivity contribution in [2.75, 3.05) is 13.2 Å². The van der Waals surface area contributed by atoms with E-state index >= 15 is 0 Å². The Kier molecular flexibility index (Phi) is 52.5. The molecule has 0 aromatic carbocycles. The summed E-state index contributed by atoms with van der Waals surface area (Å²) < 4.78 is 11.3. The van der Waals surface area contributed by atoms with E-state index < -0.39 is 49.5 Å². The lowest BCUT2D eigenvalue weighted by molar-refractivity contribution is -0.302. The fourth-order valence-electron chi connectivity index (χ4n) is 10.6. The Balaban J connectivity index is 2.17. The standard InChI is InChI=1S/C65H125NO8/c1-3-5-7-9-11-13-15-17-19-21-23-25-27-29-31-33-35-37-39-41-43-45-47-49-51-53-55-61(69)66-58(57-73-65-64(72)63(71)62(70)60(56-67)74-65)59(68)54-52-50-48-46-44-42-40-38-36-34-32-30-28-26-24-22-20-18-16-14-12-10-8-6-4-2/h29,31,52,54,58-60,62-65,67-68,70-72H,3-28,30,32-51,53,55-57H2,1-2H3,(H,66,69)/b31-29-,54-52+. The second kappa shape index (κ2) is 55.0. The molecule has 1 saturated heterocycles. The number of allylic oxidation sites excluding steroid dienone is 3. The van der Waals surface area contributed by atoms with Crippen molar-refractivity contribution in [2.45, 2.75) is 371 Å². The molecule has 0 spiro atoms. The maximum Gasteiger partial charge on any atom is 0.220 e. The maximum atomic E-state index is 13.1. The molecule has 0 saturated carbocycles. The van der Waals surface area contributed by atoms with Crippen LogP contribution < -0.4 is 5.32 Å². The third-order valence-corrected chi connectivity index (χ3v) is 15.8. The zero-order valence-electron chi connectivity index (χ0n) is 48.9. The van der Waals surface area contributed by atoms with Crippen LogP contribution in [0.15, 0.2) is 24.3 Å². The van der Waals surface area contributed by atoms with Crippen molar-refractivity contribution in [3.8, 4) is 0 Å². The van der Waals surface area contributed by atoms with Gasteiger partial charge < -0.3 is 40.3 Å². The minimum Gasteiger partial charge on any atom is -0.394 e.